The summed E-state index contributed by atoms with van der Waals surface area (Å²) in [5, 5.41) is 2.71. The second-order valence-corrected chi connectivity index (χ2v) is 6.37. The van der Waals surface area contributed by atoms with Gasteiger partial charge < -0.3 is 5.32 Å². The summed E-state index contributed by atoms with van der Waals surface area (Å²) in [4.78, 5) is 13.1. The minimum absolute atomic E-state index is 0.0695. The van der Waals surface area contributed by atoms with E-state index >= 15 is 0 Å². The van der Waals surface area contributed by atoms with Gasteiger partial charge in [-0.1, -0.05) is 0 Å². The molecule has 1 aliphatic carbocycles. The third-order valence-corrected chi connectivity index (χ3v) is 4.34. The molecule has 0 atom stereocenters. The number of rotatable bonds is 5. The number of nitrogens with one attached hydrogen (secondary N) is 3. The van der Waals surface area contributed by atoms with Crippen molar-refractivity contribution in [2.75, 3.05) is 22.7 Å². The van der Waals surface area contributed by atoms with E-state index in [0.717, 1.165) is 18.5 Å². The van der Waals surface area contributed by atoms with Gasteiger partial charge in [0, 0.05) is 30.5 Å². The van der Waals surface area contributed by atoms with Gasteiger partial charge in [-0.15, -0.1) is 0 Å². The van der Waals surface area contributed by atoms with E-state index in [0.29, 0.717) is 18.8 Å². The Morgan fingerprint density at radius 1 is 1.20 bits per heavy atom. The van der Waals surface area contributed by atoms with Crippen molar-refractivity contribution in [3.8, 4) is 0 Å². The number of carbonyl (C=O) groups is 1. The maximum atomic E-state index is 11.7. The molecule has 1 heterocycles. The van der Waals surface area contributed by atoms with Gasteiger partial charge in [0.1, 0.15) is 0 Å². The lowest BCUT2D eigenvalue weighted by atomic mass is 10.2. The van der Waals surface area contributed by atoms with Crippen molar-refractivity contribution < 1.29 is 13.2 Å². The van der Waals surface area contributed by atoms with Gasteiger partial charge in [0.25, 0.3) is 10.2 Å². The molecular weight excluding hydrogens is 280 g/mol. The molecule has 3 rings (SSSR count). The van der Waals surface area contributed by atoms with E-state index in [2.05, 4.69) is 14.8 Å². The number of hydrogen-bond acceptors (Lipinski definition) is 3. The summed E-state index contributed by atoms with van der Waals surface area (Å²) in [5.41, 5.74) is 1.22. The highest BCUT2D eigenvalue weighted by molar-refractivity contribution is 7.90. The van der Waals surface area contributed by atoms with Gasteiger partial charge in [-0.05, 0) is 37.1 Å². The Morgan fingerprint density at radius 2 is 1.90 bits per heavy atom. The molecule has 20 heavy (non-hydrogen) atoms. The summed E-state index contributed by atoms with van der Waals surface area (Å²) in [5.74, 6) is 0. The van der Waals surface area contributed by atoms with Crippen LogP contribution in [0.25, 0.3) is 0 Å². The highest BCUT2D eigenvalue weighted by atomic mass is 32.2. The summed E-state index contributed by atoms with van der Waals surface area (Å²) in [7, 11) is -3.51. The Bertz CT molecular complexity index is 610. The molecule has 1 aliphatic heterocycles. The van der Waals surface area contributed by atoms with E-state index in [1.165, 1.54) is 0 Å². The molecule has 2 aliphatic rings. The van der Waals surface area contributed by atoms with Crippen LogP contribution in [-0.2, 0) is 10.2 Å². The molecule has 108 valence electrons. The van der Waals surface area contributed by atoms with Crippen LogP contribution in [-0.4, -0.2) is 33.6 Å². The maximum absolute atomic E-state index is 11.7. The summed E-state index contributed by atoms with van der Waals surface area (Å²) in [6.45, 7) is 1.24. The van der Waals surface area contributed by atoms with Gasteiger partial charge in [0.2, 0.25) is 0 Å². The Hall–Kier alpha value is -1.80. The molecule has 3 N–H and O–H groups in total. The van der Waals surface area contributed by atoms with Crippen LogP contribution in [0.1, 0.15) is 12.8 Å². The third-order valence-electron chi connectivity index (χ3n) is 3.19. The molecule has 2 fully saturated rings. The second kappa shape index (κ2) is 4.95. The van der Waals surface area contributed by atoms with Gasteiger partial charge in [-0.3, -0.25) is 9.62 Å². The van der Waals surface area contributed by atoms with E-state index in [1.54, 1.807) is 29.2 Å². The van der Waals surface area contributed by atoms with Gasteiger partial charge in [-0.2, -0.15) is 13.1 Å². The maximum Gasteiger partial charge on any atom is 0.321 e. The van der Waals surface area contributed by atoms with Crippen molar-refractivity contribution in [1.29, 1.82) is 0 Å². The average molecular weight is 296 g/mol. The fourth-order valence-electron chi connectivity index (χ4n) is 2.03. The Kier molecular flexibility index (Phi) is 3.27. The zero-order valence-corrected chi connectivity index (χ0v) is 11.6. The normalized spacial score (nSPS) is 19.0. The molecule has 1 saturated heterocycles. The first kappa shape index (κ1) is 13.2. The molecule has 1 aromatic rings. The smallest absolute Gasteiger partial charge is 0.321 e. The second-order valence-electron chi connectivity index (χ2n) is 4.93. The van der Waals surface area contributed by atoms with Crippen molar-refractivity contribution in [3.63, 3.8) is 0 Å². The van der Waals surface area contributed by atoms with Crippen LogP contribution in [0.4, 0.5) is 16.2 Å². The highest BCUT2D eigenvalue weighted by Crippen LogP contribution is 2.22. The number of urea groups is 1. The molecular formula is C12H16N4O3S. The molecule has 0 radical (unpaired) electrons. The Labute approximate surface area is 117 Å². The zero-order valence-electron chi connectivity index (χ0n) is 10.8. The lowest BCUT2D eigenvalue weighted by Gasteiger charge is -2.15. The highest BCUT2D eigenvalue weighted by Gasteiger charge is 2.27. The predicted octanol–water partition coefficient (Wildman–Crippen LogP) is 0.625. The van der Waals surface area contributed by atoms with Crippen molar-refractivity contribution in [2.24, 2.45) is 0 Å². The quantitative estimate of drug-likeness (QED) is 0.744. The van der Waals surface area contributed by atoms with E-state index in [-0.39, 0.29) is 12.1 Å². The lowest BCUT2D eigenvalue weighted by Crippen LogP contribution is -2.31. The fraction of sp³-hybridized carbons (Fsp3) is 0.417. The van der Waals surface area contributed by atoms with Crippen LogP contribution in [0.3, 0.4) is 0 Å². The van der Waals surface area contributed by atoms with Crippen LogP contribution < -0.4 is 19.7 Å². The first-order chi connectivity index (χ1) is 9.53. The minimum Gasteiger partial charge on any atom is -0.336 e. The predicted molar refractivity (Wildman–Crippen MR) is 75.9 cm³/mol. The number of amides is 2. The molecule has 0 bridgehead atoms. The van der Waals surface area contributed by atoms with Crippen molar-refractivity contribution in [2.45, 2.75) is 18.9 Å². The largest absolute Gasteiger partial charge is 0.336 e. The van der Waals surface area contributed by atoms with Crippen LogP contribution >= 0.6 is 0 Å². The average Bonchev–Trinajstić information content (AvgIpc) is 3.08. The molecule has 0 aromatic heterocycles. The van der Waals surface area contributed by atoms with E-state index < -0.39 is 10.2 Å². The Balaban J connectivity index is 1.68. The number of nitrogens with zero attached hydrogens (tertiary/aromatic N) is 1. The molecule has 7 nitrogen and oxygen atoms in total. The van der Waals surface area contributed by atoms with E-state index in [4.69, 9.17) is 0 Å². The van der Waals surface area contributed by atoms with Crippen LogP contribution in [0, 0.1) is 0 Å². The molecule has 8 heteroatoms. The van der Waals surface area contributed by atoms with E-state index in [9.17, 15) is 13.2 Å². The van der Waals surface area contributed by atoms with Crippen molar-refractivity contribution in [1.82, 2.24) is 10.0 Å². The number of benzene rings is 1. The standard InChI is InChI=1S/C12H16N4O3S/c17-12-13-7-8-16(12)11-5-3-10(4-6-11)15-20(18,19)14-9-1-2-9/h3-6,9,14-15H,1-2,7-8H2,(H,13,17). The first-order valence-electron chi connectivity index (χ1n) is 6.49. The molecule has 0 unspecified atom stereocenters. The first-order valence-corrected chi connectivity index (χ1v) is 7.97. The summed E-state index contributed by atoms with van der Waals surface area (Å²) in [6, 6.07) is 6.67. The lowest BCUT2D eigenvalue weighted by molar-refractivity contribution is 0.252. The number of hydrogen-bond donors (Lipinski definition) is 3. The minimum atomic E-state index is -3.51. The van der Waals surface area contributed by atoms with Gasteiger partial charge in [0.05, 0.1) is 0 Å². The third kappa shape index (κ3) is 3.02. The van der Waals surface area contributed by atoms with E-state index in [1.807, 2.05) is 0 Å². The van der Waals surface area contributed by atoms with Gasteiger partial charge in [-0.25, -0.2) is 4.79 Å². The number of anilines is 2. The SMILES string of the molecule is O=C1NCCN1c1ccc(NS(=O)(=O)NC2CC2)cc1. The van der Waals surface area contributed by atoms with Crippen LogP contribution in [0.15, 0.2) is 24.3 Å². The zero-order chi connectivity index (χ0) is 14.2. The molecule has 1 aromatic carbocycles. The molecule has 2 amide bonds. The fourth-order valence-corrected chi connectivity index (χ4v) is 3.21. The Morgan fingerprint density at radius 3 is 2.45 bits per heavy atom. The summed E-state index contributed by atoms with van der Waals surface area (Å²) < 4.78 is 28.5. The molecule has 0 spiro atoms. The van der Waals surface area contributed by atoms with Crippen molar-refractivity contribution in [3.05, 3.63) is 24.3 Å². The summed E-state index contributed by atoms with van der Waals surface area (Å²) >= 11 is 0. The van der Waals surface area contributed by atoms with Gasteiger partial charge in [0.15, 0.2) is 0 Å². The number of carbonyl (C=O) groups excluding carboxylic acids is 1. The van der Waals surface area contributed by atoms with Gasteiger partial charge >= 0.3 is 6.03 Å². The monoisotopic (exact) mass is 296 g/mol. The molecule has 1 saturated carbocycles. The summed E-state index contributed by atoms with van der Waals surface area (Å²) in [6.07, 6.45) is 1.79. The van der Waals surface area contributed by atoms with Crippen molar-refractivity contribution >= 4 is 27.6 Å². The van der Waals surface area contributed by atoms with Crippen LogP contribution in [0.5, 0.6) is 0 Å². The van der Waals surface area contributed by atoms with Crippen LogP contribution in [0.2, 0.25) is 0 Å². The topological polar surface area (TPSA) is 90.5 Å².